The first kappa shape index (κ1) is 13.2. The van der Waals surface area contributed by atoms with Gasteiger partial charge in [-0.3, -0.25) is 4.90 Å². The molecule has 0 saturated carbocycles. The zero-order valence-electron chi connectivity index (χ0n) is 11.3. The summed E-state index contributed by atoms with van der Waals surface area (Å²) >= 11 is 0. The van der Waals surface area contributed by atoms with Crippen LogP contribution in [0.15, 0.2) is 18.2 Å². The number of nitrogens with two attached hydrogens (primary N) is 1. The van der Waals surface area contributed by atoms with Crippen molar-refractivity contribution in [3.05, 3.63) is 23.8 Å². The SMILES string of the molecule is COc1ccc(CN(C)C2CCOC2C)cc1N. The Kier molecular flexibility index (Phi) is 4.09. The molecule has 0 aromatic heterocycles. The monoisotopic (exact) mass is 250 g/mol. The van der Waals surface area contributed by atoms with E-state index in [0.717, 1.165) is 25.3 Å². The van der Waals surface area contributed by atoms with Crippen LogP contribution < -0.4 is 10.5 Å². The fourth-order valence-corrected chi connectivity index (χ4v) is 2.59. The summed E-state index contributed by atoms with van der Waals surface area (Å²) in [6.45, 7) is 3.88. The van der Waals surface area contributed by atoms with Gasteiger partial charge in [-0.15, -0.1) is 0 Å². The minimum Gasteiger partial charge on any atom is -0.495 e. The molecule has 2 rings (SSSR count). The largest absolute Gasteiger partial charge is 0.495 e. The number of anilines is 1. The highest BCUT2D eigenvalue weighted by Gasteiger charge is 2.27. The van der Waals surface area contributed by atoms with Gasteiger partial charge < -0.3 is 15.2 Å². The van der Waals surface area contributed by atoms with Crippen molar-refractivity contribution in [3.63, 3.8) is 0 Å². The van der Waals surface area contributed by atoms with Crippen LogP contribution in [0.3, 0.4) is 0 Å². The third-order valence-electron chi connectivity index (χ3n) is 3.63. The number of nitrogen functional groups attached to an aromatic ring is 1. The van der Waals surface area contributed by atoms with E-state index in [1.54, 1.807) is 7.11 Å². The maximum Gasteiger partial charge on any atom is 0.141 e. The molecule has 1 aromatic rings. The number of benzene rings is 1. The highest BCUT2D eigenvalue weighted by atomic mass is 16.5. The van der Waals surface area contributed by atoms with Crippen LogP contribution in [0.25, 0.3) is 0 Å². The first-order chi connectivity index (χ1) is 8.61. The number of likely N-dealkylation sites (N-methyl/N-ethyl adjacent to an activating group) is 1. The van der Waals surface area contributed by atoms with Gasteiger partial charge in [-0.05, 0) is 38.1 Å². The molecule has 2 N–H and O–H groups in total. The van der Waals surface area contributed by atoms with Crippen molar-refractivity contribution in [2.75, 3.05) is 26.5 Å². The van der Waals surface area contributed by atoms with Crippen LogP contribution in [-0.2, 0) is 11.3 Å². The molecule has 4 heteroatoms. The van der Waals surface area contributed by atoms with E-state index in [0.29, 0.717) is 17.8 Å². The number of hydrogen-bond acceptors (Lipinski definition) is 4. The van der Waals surface area contributed by atoms with E-state index in [1.165, 1.54) is 5.56 Å². The van der Waals surface area contributed by atoms with Crippen molar-refractivity contribution in [3.8, 4) is 5.75 Å². The summed E-state index contributed by atoms with van der Waals surface area (Å²) < 4.78 is 10.8. The summed E-state index contributed by atoms with van der Waals surface area (Å²) in [6, 6.07) is 6.46. The van der Waals surface area contributed by atoms with Crippen LogP contribution in [0, 0.1) is 0 Å². The van der Waals surface area contributed by atoms with Crippen molar-refractivity contribution in [1.82, 2.24) is 4.90 Å². The molecule has 1 saturated heterocycles. The second kappa shape index (κ2) is 5.59. The molecule has 1 aromatic carbocycles. The molecule has 1 heterocycles. The van der Waals surface area contributed by atoms with Gasteiger partial charge in [0.25, 0.3) is 0 Å². The van der Waals surface area contributed by atoms with E-state index in [-0.39, 0.29) is 0 Å². The van der Waals surface area contributed by atoms with Gasteiger partial charge in [-0.2, -0.15) is 0 Å². The highest BCUT2D eigenvalue weighted by Crippen LogP contribution is 2.24. The number of nitrogens with zero attached hydrogens (tertiary/aromatic N) is 1. The smallest absolute Gasteiger partial charge is 0.141 e. The summed E-state index contributed by atoms with van der Waals surface area (Å²) in [5.41, 5.74) is 7.82. The maximum absolute atomic E-state index is 5.92. The molecule has 100 valence electrons. The second-order valence-corrected chi connectivity index (χ2v) is 4.92. The van der Waals surface area contributed by atoms with Crippen LogP contribution in [0.2, 0.25) is 0 Å². The normalized spacial score (nSPS) is 23.6. The van der Waals surface area contributed by atoms with Gasteiger partial charge in [0, 0.05) is 19.2 Å². The second-order valence-electron chi connectivity index (χ2n) is 4.92. The molecule has 0 radical (unpaired) electrons. The van der Waals surface area contributed by atoms with E-state index in [9.17, 15) is 0 Å². The standard InChI is InChI=1S/C14H22N2O2/c1-10-13(6-7-18-10)16(2)9-11-4-5-14(17-3)12(15)8-11/h4-5,8,10,13H,6-7,9,15H2,1-3H3. The Labute approximate surface area is 109 Å². The summed E-state index contributed by atoms with van der Waals surface area (Å²) in [5.74, 6) is 0.735. The van der Waals surface area contributed by atoms with Gasteiger partial charge in [0.1, 0.15) is 5.75 Å². The first-order valence-corrected chi connectivity index (χ1v) is 6.36. The quantitative estimate of drug-likeness (QED) is 0.829. The molecule has 0 aliphatic carbocycles. The molecule has 0 spiro atoms. The molecule has 0 amide bonds. The van der Waals surface area contributed by atoms with Crippen molar-refractivity contribution < 1.29 is 9.47 Å². The Bertz CT molecular complexity index is 409. The van der Waals surface area contributed by atoms with Crippen molar-refractivity contribution in [1.29, 1.82) is 0 Å². The molecular weight excluding hydrogens is 228 g/mol. The Hall–Kier alpha value is -1.26. The molecule has 0 bridgehead atoms. The zero-order chi connectivity index (χ0) is 13.1. The number of hydrogen-bond donors (Lipinski definition) is 1. The van der Waals surface area contributed by atoms with Crippen LogP contribution >= 0.6 is 0 Å². The summed E-state index contributed by atoms with van der Waals surface area (Å²) in [7, 11) is 3.77. The summed E-state index contributed by atoms with van der Waals surface area (Å²) in [5, 5.41) is 0. The first-order valence-electron chi connectivity index (χ1n) is 6.36. The molecule has 1 fully saturated rings. The van der Waals surface area contributed by atoms with E-state index in [2.05, 4.69) is 24.9 Å². The van der Waals surface area contributed by atoms with E-state index >= 15 is 0 Å². The summed E-state index contributed by atoms with van der Waals surface area (Å²) in [6.07, 6.45) is 1.41. The summed E-state index contributed by atoms with van der Waals surface area (Å²) in [4.78, 5) is 2.33. The van der Waals surface area contributed by atoms with Crippen LogP contribution in [-0.4, -0.2) is 37.8 Å². The van der Waals surface area contributed by atoms with Crippen LogP contribution in [0.1, 0.15) is 18.9 Å². The van der Waals surface area contributed by atoms with Crippen molar-refractivity contribution in [2.45, 2.75) is 32.0 Å². The van der Waals surface area contributed by atoms with E-state index < -0.39 is 0 Å². The zero-order valence-corrected chi connectivity index (χ0v) is 11.3. The van der Waals surface area contributed by atoms with Gasteiger partial charge >= 0.3 is 0 Å². The molecular formula is C14H22N2O2. The maximum atomic E-state index is 5.92. The molecule has 2 atom stereocenters. The molecule has 1 aliphatic rings. The Morgan fingerprint density at radius 2 is 2.28 bits per heavy atom. The highest BCUT2D eigenvalue weighted by molar-refractivity contribution is 5.54. The average Bonchev–Trinajstić information content (AvgIpc) is 2.76. The van der Waals surface area contributed by atoms with E-state index in [4.69, 9.17) is 15.2 Å². The average molecular weight is 250 g/mol. The number of methoxy groups -OCH3 is 1. The molecule has 2 unspecified atom stereocenters. The minimum atomic E-state index is 0.311. The lowest BCUT2D eigenvalue weighted by atomic mass is 10.1. The van der Waals surface area contributed by atoms with Gasteiger partial charge in [0.05, 0.1) is 18.9 Å². The number of ether oxygens (including phenoxy) is 2. The van der Waals surface area contributed by atoms with Gasteiger partial charge in [-0.1, -0.05) is 6.07 Å². The lowest BCUT2D eigenvalue weighted by Crippen LogP contribution is -2.36. The van der Waals surface area contributed by atoms with Crippen molar-refractivity contribution in [2.24, 2.45) is 0 Å². The fraction of sp³-hybridized carbons (Fsp3) is 0.571. The Morgan fingerprint density at radius 1 is 1.50 bits per heavy atom. The fourth-order valence-electron chi connectivity index (χ4n) is 2.59. The lowest BCUT2D eigenvalue weighted by molar-refractivity contribution is 0.0814. The van der Waals surface area contributed by atoms with E-state index in [1.807, 2.05) is 12.1 Å². The number of rotatable bonds is 4. The van der Waals surface area contributed by atoms with Crippen molar-refractivity contribution >= 4 is 5.69 Å². The lowest BCUT2D eigenvalue weighted by Gasteiger charge is -2.26. The van der Waals surface area contributed by atoms with Gasteiger partial charge in [0.15, 0.2) is 0 Å². The molecule has 1 aliphatic heterocycles. The third-order valence-corrected chi connectivity index (χ3v) is 3.63. The topological polar surface area (TPSA) is 47.7 Å². The van der Waals surface area contributed by atoms with Gasteiger partial charge in [0.2, 0.25) is 0 Å². The Balaban J connectivity index is 2.02. The van der Waals surface area contributed by atoms with Crippen LogP contribution in [0.4, 0.5) is 5.69 Å². The predicted octanol–water partition coefficient (Wildman–Crippen LogP) is 1.89. The Morgan fingerprint density at radius 3 is 2.83 bits per heavy atom. The molecule has 18 heavy (non-hydrogen) atoms. The van der Waals surface area contributed by atoms with Crippen LogP contribution in [0.5, 0.6) is 5.75 Å². The third kappa shape index (κ3) is 2.76. The predicted molar refractivity (Wildman–Crippen MR) is 72.7 cm³/mol. The minimum absolute atomic E-state index is 0.311. The molecule has 4 nitrogen and oxygen atoms in total. The van der Waals surface area contributed by atoms with Gasteiger partial charge in [-0.25, -0.2) is 0 Å².